The molecular weight excluding hydrogens is 420 g/mol. The highest BCUT2D eigenvalue weighted by molar-refractivity contribution is 6.31. The first-order chi connectivity index (χ1) is 14.8. The molecule has 0 aliphatic carbocycles. The Bertz CT molecular complexity index is 1100. The van der Waals surface area contributed by atoms with Crippen LogP contribution < -0.4 is 5.32 Å². The summed E-state index contributed by atoms with van der Waals surface area (Å²) in [6, 6.07) is 18.5. The van der Waals surface area contributed by atoms with Gasteiger partial charge in [0.25, 0.3) is 11.6 Å². The number of halogens is 1. The number of nitro groups is 1. The number of ether oxygens (including phenoxy) is 1. The highest BCUT2D eigenvalue weighted by Crippen LogP contribution is 2.24. The van der Waals surface area contributed by atoms with E-state index in [9.17, 15) is 19.7 Å². The number of nitrogens with zero attached hydrogens (tertiary/aromatic N) is 1. The molecule has 31 heavy (non-hydrogen) atoms. The van der Waals surface area contributed by atoms with Crippen LogP contribution in [0.25, 0.3) is 0 Å². The van der Waals surface area contributed by atoms with Crippen LogP contribution in [0.5, 0.6) is 0 Å². The number of non-ortho nitro benzene ring substituents is 1. The first-order valence-electron chi connectivity index (χ1n) is 9.37. The number of carbonyl (C=O) groups is 2. The zero-order valence-electron chi connectivity index (χ0n) is 16.6. The molecule has 0 saturated heterocycles. The molecule has 0 aliphatic heterocycles. The number of aryl methyl sites for hydroxylation is 1. The van der Waals surface area contributed by atoms with E-state index in [1.165, 1.54) is 18.2 Å². The first kappa shape index (κ1) is 22.0. The van der Waals surface area contributed by atoms with Crippen LogP contribution in [0.3, 0.4) is 0 Å². The molecule has 158 valence electrons. The monoisotopic (exact) mass is 438 g/mol. The van der Waals surface area contributed by atoms with E-state index in [2.05, 4.69) is 5.32 Å². The lowest BCUT2D eigenvalue weighted by Gasteiger charge is -2.18. The predicted molar refractivity (Wildman–Crippen MR) is 116 cm³/mol. The summed E-state index contributed by atoms with van der Waals surface area (Å²) in [5.41, 5.74) is 2.24. The molecule has 8 heteroatoms. The van der Waals surface area contributed by atoms with Crippen LogP contribution in [0.4, 0.5) is 5.69 Å². The van der Waals surface area contributed by atoms with E-state index in [0.717, 1.165) is 5.56 Å². The molecular formula is C23H19ClN2O5. The summed E-state index contributed by atoms with van der Waals surface area (Å²) in [7, 11) is 0. The van der Waals surface area contributed by atoms with Gasteiger partial charge in [-0.3, -0.25) is 14.9 Å². The topological polar surface area (TPSA) is 98.5 Å². The summed E-state index contributed by atoms with van der Waals surface area (Å²) in [6.45, 7) is 1.72. The smallest absolute Gasteiger partial charge is 0.333 e. The fraction of sp³-hybridized carbons (Fsp3) is 0.130. The second kappa shape index (κ2) is 9.86. The Hall–Kier alpha value is -3.71. The van der Waals surface area contributed by atoms with Crippen molar-refractivity contribution in [3.05, 3.63) is 110 Å². The molecule has 0 radical (unpaired) electrons. The van der Waals surface area contributed by atoms with Crippen LogP contribution >= 0.6 is 11.6 Å². The molecule has 0 unspecified atom stereocenters. The predicted octanol–water partition coefficient (Wildman–Crippen LogP) is 4.77. The van der Waals surface area contributed by atoms with E-state index in [1.807, 2.05) is 6.92 Å². The number of hydrogen-bond acceptors (Lipinski definition) is 5. The van der Waals surface area contributed by atoms with Crippen LogP contribution in [0.1, 0.15) is 33.1 Å². The van der Waals surface area contributed by atoms with Gasteiger partial charge in [-0.2, -0.15) is 0 Å². The maximum atomic E-state index is 12.8. The lowest BCUT2D eigenvalue weighted by Crippen LogP contribution is -2.35. The first-order valence-corrected chi connectivity index (χ1v) is 9.75. The maximum absolute atomic E-state index is 12.8. The number of rotatable bonds is 7. The zero-order valence-corrected chi connectivity index (χ0v) is 17.3. The third-order valence-corrected chi connectivity index (χ3v) is 4.93. The van der Waals surface area contributed by atoms with Gasteiger partial charge in [0.2, 0.25) is 0 Å². The summed E-state index contributed by atoms with van der Waals surface area (Å²) in [5.74, 6) is -1.10. The number of hydrogen-bond donors (Lipinski definition) is 1. The molecule has 0 bridgehead atoms. The molecule has 0 spiro atoms. The molecule has 7 nitrogen and oxygen atoms in total. The van der Waals surface area contributed by atoms with Gasteiger partial charge in [0.05, 0.1) is 9.95 Å². The number of amides is 1. The van der Waals surface area contributed by atoms with Gasteiger partial charge in [0.15, 0.2) is 6.04 Å². The Labute approximate surface area is 183 Å². The molecule has 0 aromatic heterocycles. The van der Waals surface area contributed by atoms with Crippen LogP contribution in [0.15, 0.2) is 72.8 Å². The van der Waals surface area contributed by atoms with Crippen molar-refractivity contribution in [2.75, 3.05) is 0 Å². The Morgan fingerprint density at radius 3 is 2.35 bits per heavy atom. The molecule has 0 heterocycles. The number of nitro benzene ring substituents is 1. The second-order valence-corrected chi connectivity index (χ2v) is 7.23. The summed E-state index contributed by atoms with van der Waals surface area (Å²) in [6.07, 6.45) is 0. The molecule has 1 N–H and O–H groups in total. The molecule has 0 aliphatic rings. The zero-order chi connectivity index (χ0) is 22.4. The molecule has 0 saturated carbocycles. The summed E-state index contributed by atoms with van der Waals surface area (Å²) < 4.78 is 5.37. The van der Waals surface area contributed by atoms with E-state index in [4.69, 9.17) is 16.3 Å². The molecule has 3 rings (SSSR count). The molecule has 3 aromatic carbocycles. The average Bonchev–Trinajstić information content (AvgIpc) is 2.77. The Morgan fingerprint density at radius 1 is 1.06 bits per heavy atom. The Kier molecular flexibility index (Phi) is 6.99. The summed E-state index contributed by atoms with van der Waals surface area (Å²) >= 11 is 6.07. The minimum atomic E-state index is -1.04. The fourth-order valence-corrected chi connectivity index (χ4v) is 3.07. The van der Waals surface area contributed by atoms with Gasteiger partial charge >= 0.3 is 5.97 Å². The number of nitrogens with one attached hydrogen (secondary N) is 1. The van der Waals surface area contributed by atoms with Gasteiger partial charge in [0, 0.05) is 23.3 Å². The number of carbonyl (C=O) groups excluding carboxylic acids is 2. The second-order valence-electron chi connectivity index (χ2n) is 6.82. The van der Waals surface area contributed by atoms with E-state index < -0.39 is 22.8 Å². The van der Waals surface area contributed by atoms with Crippen molar-refractivity contribution in [1.82, 2.24) is 5.32 Å². The van der Waals surface area contributed by atoms with Crippen molar-refractivity contribution in [1.29, 1.82) is 0 Å². The molecule has 1 amide bonds. The minimum Gasteiger partial charge on any atom is -0.459 e. The van der Waals surface area contributed by atoms with Crippen LogP contribution in [-0.2, 0) is 16.1 Å². The van der Waals surface area contributed by atoms with Gasteiger partial charge < -0.3 is 10.1 Å². The van der Waals surface area contributed by atoms with Crippen molar-refractivity contribution in [3.8, 4) is 0 Å². The van der Waals surface area contributed by atoms with Crippen molar-refractivity contribution in [2.45, 2.75) is 19.6 Å². The molecule has 0 fully saturated rings. The molecule has 3 aromatic rings. The largest absolute Gasteiger partial charge is 0.459 e. The number of esters is 1. The highest BCUT2D eigenvalue weighted by Gasteiger charge is 2.25. The van der Waals surface area contributed by atoms with Gasteiger partial charge in [-0.1, -0.05) is 59.6 Å². The van der Waals surface area contributed by atoms with E-state index >= 15 is 0 Å². The van der Waals surface area contributed by atoms with E-state index in [0.29, 0.717) is 16.7 Å². The van der Waals surface area contributed by atoms with Crippen molar-refractivity contribution in [3.63, 3.8) is 0 Å². The van der Waals surface area contributed by atoms with Crippen LogP contribution in [0, 0.1) is 17.0 Å². The van der Waals surface area contributed by atoms with Gasteiger partial charge in [-0.05, 0) is 30.7 Å². The lowest BCUT2D eigenvalue weighted by atomic mass is 10.1. The van der Waals surface area contributed by atoms with Gasteiger partial charge in [-0.15, -0.1) is 0 Å². The van der Waals surface area contributed by atoms with Gasteiger partial charge in [0.1, 0.15) is 6.61 Å². The average molecular weight is 439 g/mol. The Morgan fingerprint density at radius 2 is 1.74 bits per heavy atom. The Balaban J connectivity index is 1.76. The van der Waals surface area contributed by atoms with Gasteiger partial charge in [-0.25, -0.2) is 4.79 Å². The standard InChI is InChI=1S/C23H19ClN2O5/c1-15-7-9-17(10-8-15)22(27)25-21(16-5-3-2-4-6-16)23(28)31-14-18-11-12-19(26(29)30)13-20(18)24/h2-13,21H,14H2,1H3,(H,25,27)/t21-/m0/s1. The third kappa shape index (κ3) is 5.67. The maximum Gasteiger partial charge on any atom is 0.333 e. The fourth-order valence-electron chi connectivity index (χ4n) is 2.84. The SMILES string of the molecule is Cc1ccc(C(=O)N[C@H](C(=O)OCc2ccc([N+](=O)[O-])cc2Cl)c2ccccc2)cc1. The van der Waals surface area contributed by atoms with Crippen molar-refractivity contribution < 1.29 is 19.2 Å². The molecule has 1 atom stereocenters. The lowest BCUT2D eigenvalue weighted by molar-refractivity contribution is -0.384. The minimum absolute atomic E-state index is 0.113. The van der Waals surface area contributed by atoms with E-state index in [1.54, 1.807) is 54.6 Å². The van der Waals surface area contributed by atoms with Crippen LogP contribution in [-0.4, -0.2) is 16.8 Å². The third-order valence-electron chi connectivity index (χ3n) is 4.58. The normalized spacial score (nSPS) is 11.4. The van der Waals surface area contributed by atoms with E-state index in [-0.39, 0.29) is 17.3 Å². The summed E-state index contributed by atoms with van der Waals surface area (Å²) in [5, 5.41) is 13.7. The van der Waals surface area contributed by atoms with Crippen molar-refractivity contribution in [2.24, 2.45) is 0 Å². The summed E-state index contributed by atoms with van der Waals surface area (Å²) in [4.78, 5) is 35.8. The van der Waals surface area contributed by atoms with Crippen LogP contribution in [0.2, 0.25) is 5.02 Å². The van der Waals surface area contributed by atoms with Crippen molar-refractivity contribution >= 4 is 29.2 Å². The highest BCUT2D eigenvalue weighted by atomic mass is 35.5. The number of benzene rings is 3. The quantitative estimate of drug-likeness (QED) is 0.325.